The van der Waals surface area contributed by atoms with Crippen LogP contribution in [0.4, 0.5) is 0 Å². The van der Waals surface area contributed by atoms with Gasteiger partial charge in [-0.3, -0.25) is 4.79 Å². The van der Waals surface area contributed by atoms with Crippen LogP contribution >= 0.6 is 0 Å². The van der Waals surface area contributed by atoms with Gasteiger partial charge < -0.3 is 99.5 Å². The molecule has 364 valence electrons. The first kappa shape index (κ1) is 50.9. The van der Waals surface area contributed by atoms with E-state index >= 15 is 0 Å². The lowest BCUT2D eigenvalue weighted by molar-refractivity contribution is -0.359. The maximum absolute atomic E-state index is 14.3. The highest BCUT2D eigenvalue weighted by Gasteiger charge is 2.63. The normalized spacial score (nSPS) is 48.9. The molecule has 0 bridgehead atoms. The van der Waals surface area contributed by atoms with Gasteiger partial charge in [0, 0.05) is 13.0 Å². The van der Waals surface area contributed by atoms with Crippen LogP contribution in [0.3, 0.4) is 0 Å². The van der Waals surface area contributed by atoms with Gasteiger partial charge in [-0.15, -0.1) is 0 Å². The average molecular weight is 911 g/mol. The van der Waals surface area contributed by atoms with Crippen molar-refractivity contribution in [3.8, 4) is 0 Å². The van der Waals surface area contributed by atoms with Crippen LogP contribution in [0, 0.1) is 34.5 Å². The van der Waals surface area contributed by atoms with Crippen LogP contribution in [-0.4, -0.2) is 216 Å². The molecule has 0 aromatic heterocycles. The summed E-state index contributed by atoms with van der Waals surface area (Å²) in [6, 6.07) is 0. The molecule has 6 fully saturated rings. The first-order valence-corrected chi connectivity index (χ1v) is 22.0. The summed E-state index contributed by atoms with van der Waals surface area (Å²) in [5.74, 6) is -1.66. The largest absolute Gasteiger partial charge is 0.432 e. The molecule has 6 rings (SSSR count). The van der Waals surface area contributed by atoms with E-state index in [-0.39, 0.29) is 17.8 Å². The molecule has 0 aromatic carbocycles. The number of carbonyl (C=O) groups excluding carboxylic acids is 1. The molecule has 22 unspecified atom stereocenters. The Bertz CT molecular complexity index is 1540. The zero-order valence-corrected chi connectivity index (χ0v) is 36.1. The van der Waals surface area contributed by atoms with Gasteiger partial charge in [-0.05, 0) is 75.5 Å². The molecular weight excluding hydrogens is 840 g/mol. The number of aliphatic hydroxyl groups excluding tert-OH is 13. The third kappa shape index (κ3) is 9.50. The minimum Gasteiger partial charge on any atom is -0.432 e. The molecule has 13 N–H and O–H groups in total. The predicted octanol–water partition coefficient (Wildman–Crippen LogP) is -4.10. The van der Waals surface area contributed by atoms with Gasteiger partial charge in [-0.25, -0.2) is 0 Å². The molecule has 6 aliphatic rings. The van der Waals surface area contributed by atoms with Gasteiger partial charge in [0.1, 0.15) is 85.5 Å². The summed E-state index contributed by atoms with van der Waals surface area (Å²) in [6.07, 6.45) is -27.4. The Kier molecular flexibility index (Phi) is 16.4. The van der Waals surface area contributed by atoms with Gasteiger partial charge in [0.25, 0.3) is 0 Å². The molecule has 63 heavy (non-hydrogen) atoms. The number of carbonyl (C=O) groups is 1. The minimum atomic E-state index is -2.18. The van der Waals surface area contributed by atoms with E-state index in [0.29, 0.717) is 50.5 Å². The lowest BCUT2D eigenvalue weighted by atomic mass is 9.43. The molecule has 3 aliphatic carbocycles. The molecule has 3 aliphatic heterocycles. The second kappa shape index (κ2) is 20.4. The van der Waals surface area contributed by atoms with Crippen molar-refractivity contribution < 1.29 is 104 Å². The fourth-order valence-corrected chi connectivity index (χ4v) is 11.7. The van der Waals surface area contributed by atoms with E-state index in [1.165, 1.54) is 14.0 Å². The van der Waals surface area contributed by atoms with Gasteiger partial charge in [0.15, 0.2) is 12.6 Å². The van der Waals surface area contributed by atoms with Crippen LogP contribution in [0.25, 0.3) is 0 Å². The molecule has 0 spiro atoms. The van der Waals surface area contributed by atoms with Gasteiger partial charge in [-0.2, -0.15) is 0 Å². The Balaban J connectivity index is 1.31. The first-order valence-electron chi connectivity index (χ1n) is 22.0. The van der Waals surface area contributed by atoms with Crippen LogP contribution in [0.15, 0.2) is 12.2 Å². The van der Waals surface area contributed by atoms with Crippen molar-refractivity contribution >= 4 is 5.97 Å². The van der Waals surface area contributed by atoms with E-state index in [4.69, 9.17) is 33.2 Å². The monoisotopic (exact) mass is 910 g/mol. The van der Waals surface area contributed by atoms with Crippen LogP contribution in [0.5, 0.6) is 0 Å². The van der Waals surface area contributed by atoms with Gasteiger partial charge in [-0.1, -0.05) is 25.5 Å². The standard InChI is InChI=1S/C42H70O21/c1-16-11-18-7-8-24-41(3,9-6-10-42(24,4)40(56)63-39-33(54)30(51)27(48)22(14-44)60-39)20(18)12-19(16)34-36(61-37(55)31(52)25(46)17(2)57-5)35(28(49)23(15-45)58-34)62-38-32(53)29(50)26(47)21(13-43)59-38/h17-39,43-55H,1,6-15H2,2-5H3/t17?,18?,19?,20-,21?,22?,23?,24?,25?,26?,27?,28?,29?,30?,31?,32?,33?,34?,35?,36?,37?,38?,39?,41+,42-/m1/s1. The van der Waals surface area contributed by atoms with E-state index in [9.17, 15) is 71.2 Å². The number of methoxy groups -OCH3 is 1. The summed E-state index contributed by atoms with van der Waals surface area (Å²) in [7, 11) is 1.28. The SMILES string of the molecule is C=C1CC2CCC3[C@](C)(C(=O)OC4OC(CO)C(O)C(O)C4O)CCC[C@@]3(C)[C@@H]2CC1C1OC(CO)C(O)C(OC2OC(CO)C(O)C(O)C2O)C1OC(O)C(O)C(O)C(C)OC. The second-order valence-electron chi connectivity index (χ2n) is 19.1. The highest BCUT2D eigenvalue weighted by Crippen LogP contribution is 2.65. The first-order chi connectivity index (χ1) is 29.7. The molecule has 21 nitrogen and oxygen atoms in total. The van der Waals surface area contributed by atoms with Crippen molar-refractivity contribution in [2.24, 2.45) is 34.5 Å². The van der Waals surface area contributed by atoms with E-state index in [2.05, 4.69) is 13.5 Å². The molecule has 0 radical (unpaired) electrons. The maximum atomic E-state index is 14.3. The summed E-state index contributed by atoms with van der Waals surface area (Å²) in [4.78, 5) is 14.3. The Hall–Kier alpha value is -1.55. The van der Waals surface area contributed by atoms with Crippen molar-refractivity contribution in [3.05, 3.63) is 12.2 Å². The predicted molar refractivity (Wildman–Crippen MR) is 211 cm³/mol. The van der Waals surface area contributed by atoms with Crippen molar-refractivity contribution in [2.45, 2.75) is 182 Å². The fraction of sp³-hybridized carbons (Fsp3) is 0.929. The van der Waals surface area contributed by atoms with Crippen molar-refractivity contribution in [2.75, 3.05) is 26.9 Å². The van der Waals surface area contributed by atoms with Crippen LogP contribution < -0.4 is 0 Å². The zero-order chi connectivity index (χ0) is 46.5. The smallest absolute Gasteiger partial charge is 0.314 e. The highest BCUT2D eigenvalue weighted by atomic mass is 16.7. The summed E-state index contributed by atoms with van der Waals surface area (Å²) < 4.78 is 40.7. The highest BCUT2D eigenvalue weighted by molar-refractivity contribution is 5.77. The number of hydrogen-bond acceptors (Lipinski definition) is 21. The van der Waals surface area contributed by atoms with Crippen molar-refractivity contribution in [1.82, 2.24) is 0 Å². The molecule has 3 heterocycles. The Morgan fingerprint density at radius 2 is 1.33 bits per heavy atom. The number of rotatable bonds is 14. The number of aliphatic hydroxyl groups is 13. The van der Waals surface area contributed by atoms with Crippen LogP contribution in [-0.2, 0) is 38.0 Å². The second-order valence-corrected chi connectivity index (χ2v) is 19.1. The Morgan fingerprint density at radius 3 is 1.92 bits per heavy atom. The molecule has 3 saturated heterocycles. The molecule has 21 heteroatoms. The van der Waals surface area contributed by atoms with E-state index < -0.39 is 159 Å². The lowest BCUT2D eigenvalue weighted by Gasteiger charge is -2.62. The summed E-state index contributed by atoms with van der Waals surface area (Å²) >= 11 is 0. The van der Waals surface area contributed by atoms with E-state index in [0.717, 1.165) is 0 Å². The summed E-state index contributed by atoms with van der Waals surface area (Å²) in [6.45, 7) is 7.53. The minimum absolute atomic E-state index is 0.0836. The van der Waals surface area contributed by atoms with Crippen molar-refractivity contribution in [3.63, 3.8) is 0 Å². The summed E-state index contributed by atoms with van der Waals surface area (Å²) in [5.41, 5.74) is -0.947. The van der Waals surface area contributed by atoms with Crippen molar-refractivity contribution in [1.29, 1.82) is 0 Å². The fourth-order valence-electron chi connectivity index (χ4n) is 11.7. The number of ether oxygens (including phenoxy) is 7. The number of esters is 1. The number of fused-ring (bicyclic) bond motifs is 3. The van der Waals surface area contributed by atoms with Crippen LogP contribution in [0.1, 0.15) is 65.7 Å². The van der Waals surface area contributed by atoms with E-state index in [1.54, 1.807) is 6.92 Å². The van der Waals surface area contributed by atoms with Gasteiger partial charge >= 0.3 is 5.97 Å². The Labute approximate surface area is 365 Å². The van der Waals surface area contributed by atoms with Gasteiger partial charge in [0.05, 0.1) is 37.4 Å². The Morgan fingerprint density at radius 1 is 0.762 bits per heavy atom. The number of hydrogen-bond donors (Lipinski definition) is 13. The molecule has 0 amide bonds. The van der Waals surface area contributed by atoms with Gasteiger partial charge in [0.2, 0.25) is 6.29 Å². The quantitative estimate of drug-likeness (QED) is 0.0447. The topological polar surface area (TPSA) is 345 Å². The molecule has 0 aromatic rings. The third-order valence-electron chi connectivity index (χ3n) is 15.5. The summed E-state index contributed by atoms with van der Waals surface area (Å²) in [5, 5.41) is 138. The zero-order valence-electron chi connectivity index (χ0n) is 36.1. The maximum Gasteiger partial charge on any atom is 0.314 e. The molecule has 3 saturated carbocycles. The average Bonchev–Trinajstić information content (AvgIpc) is 3.26. The van der Waals surface area contributed by atoms with E-state index in [1.807, 2.05) is 0 Å². The molecular formula is C42H70O21. The van der Waals surface area contributed by atoms with Crippen LogP contribution in [0.2, 0.25) is 0 Å². The lowest BCUT2D eigenvalue weighted by Crippen LogP contribution is -2.67. The third-order valence-corrected chi connectivity index (χ3v) is 15.5. The molecule has 25 atom stereocenters.